The van der Waals surface area contributed by atoms with Crippen LogP contribution in [0.1, 0.15) is 33.2 Å². The predicted molar refractivity (Wildman–Crippen MR) is 151 cm³/mol. The zero-order valence-electron chi connectivity index (χ0n) is 22.3. The fraction of sp³-hybridized carbons (Fsp3) is 0.156. The molecule has 0 aliphatic carbocycles. The molecule has 4 aromatic rings. The Labute approximate surface area is 236 Å². The van der Waals surface area contributed by atoms with Crippen molar-refractivity contribution in [1.82, 2.24) is 10.2 Å². The number of ether oxygens (including phenoxy) is 2. The van der Waals surface area contributed by atoms with E-state index in [9.17, 15) is 18.8 Å². The number of nitrogens with zero attached hydrogens (tertiary/aromatic N) is 1. The van der Waals surface area contributed by atoms with Gasteiger partial charge in [-0.05, 0) is 65.2 Å². The second-order valence-electron chi connectivity index (χ2n) is 9.52. The minimum atomic E-state index is -0.947. The molecule has 0 radical (unpaired) electrons. The lowest BCUT2D eigenvalue weighted by Crippen LogP contribution is -2.46. The molecule has 1 aliphatic heterocycles. The number of benzene rings is 4. The Morgan fingerprint density at radius 2 is 1.61 bits per heavy atom. The summed E-state index contributed by atoms with van der Waals surface area (Å²) >= 11 is 0. The number of hydrogen-bond donors (Lipinski definition) is 2. The maximum Gasteiger partial charge on any atom is 0.411 e. The van der Waals surface area contributed by atoms with Crippen molar-refractivity contribution in [3.8, 4) is 5.75 Å². The van der Waals surface area contributed by atoms with Gasteiger partial charge >= 0.3 is 6.09 Å². The normalized spacial score (nSPS) is 16.1. The minimum absolute atomic E-state index is 0.141. The fourth-order valence-corrected chi connectivity index (χ4v) is 4.63. The third-order valence-electron chi connectivity index (χ3n) is 6.75. The van der Waals surface area contributed by atoms with E-state index in [0.717, 1.165) is 11.1 Å². The Bertz CT molecular complexity index is 1530. The summed E-state index contributed by atoms with van der Waals surface area (Å²) < 4.78 is 24.3. The van der Waals surface area contributed by atoms with Gasteiger partial charge in [0.15, 0.2) is 12.1 Å². The zero-order valence-corrected chi connectivity index (χ0v) is 22.3. The lowest BCUT2D eigenvalue weighted by atomic mass is 10.00. The molecule has 4 aromatic carbocycles. The Kier molecular flexibility index (Phi) is 8.24. The van der Waals surface area contributed by atoms with Crippen LogP contribution in [0.25, 0.3) is 0 Å². The van der Waals surface area contributed by atoms with Crippen LogP contribution in [0.2, 0.25) is 0 Å². The topological polar surface area (TPSA) is 97.0 Å². The van der Waals surface area contributed by atoms with Gasteiger partial charge in [-0.15, -0.1) is 0 Å². The molecule has 208 valence electrons. The summed E-state index contributed by atoms with van der Waals surface area (Å²) in [5.41, 5.74) is 3.09. The Balaban J connectivity index is 1.36. The minimum Gasteiger partial charge on any atom is -0.497 e. The molecule has 41 heavy (non-hydrogen) atoms. The molecule has 0 bridgehead atoms. The molecule has 0 aromatic heterocycles. The smallest absolute Gasteiger partial charge is 0.411 e. The third-order valence-corrected chi connectivity index (χ3v) is 6.75. The van der Waals surface area contributed by atoms with E-state index in [1.165, 1.54) is 29.2 Å². The average Bonchev–Trinajstić information content (AvgIpc) is 3.32. The van der Waals surface area contributed by atoms with Gasteiger partial charge in [-0.2, -0.15) is 0 Å². The molecule has 0 saturated carbocycles. The van der Waals surface area contributed by atoms with E-state index in [-0.39, 0.29) is 12.5 Å². The highest BCUT2D eigenvalue weighted by atomic mass is 19.1. The number of methoxy groups -OCH3 is 1. The van der Waals surface area contributed by atoms with Crippen molar-refractivity contribution in [2.45, 2.75) is 25.2 Å². The average molecular weight is 554 g/mol. The second-order valence-corrected chi connectivity index (χ2v) is 9.52. The molecule has 8 nitrogen and oxygen atoms in total. The van der Waals surface area contributed by atoms with Crippen molar-refractivity contribution < 1.29 is 28.2 Å². The van der Waals surface area contributed by atoms with Gasteiger partial charge in [0, 0.05) is 17.8 Å². The number of halogens is 1. The van der Waals surface area contributed by atoms with E-state index in [0.29, 0.717) is 29.1 Å². The van der Waals surface area contributed by atoms with Crippen molar-refractivity contribution >= 4 is 23.6 Å². The quantitative estimate of drug-likeness (QED) is 0.287. The number of anilines is 1. The summed E-state index contributed by atoms with van der Waals surface area (Å²) in [6.45, 7) is 0.431. The monoisotopic (exact) mass is 553 g/mol. The Morgan fingerprint density at radius 3 is 2.32 bits per heavy atom. The number of nitrogens with one attached hydrogen (secondary N) is 2. The van der Waals surface area contributed by atoms with E-state index >= 15 is 0 Å². The molecular weight excluding hydrogens is 525 g/mol. The van der Waals surface area contributed by atoms with Crippen molar-refractivity contribution in [2.75, 3.05) is 12.4 Å². The number of carbonyl (C=O) groups excluding carboxylic acids is 3. The van der Waals surface area contributed by atoms with Gasteiger partial charge in [-0.3, -0.25) is 14.5 Å². The van der Waals surface area contributed by atoms with Crippen LogP contribution in [0.3, 0.4) is 0 Å². The summed E-state index contributed by atoms with van der Waals surface area (Å²) in [6.07, 6.45) is -1.50. The molecule has 0 unspecified atom stereocenters. The summed E-state index contributed by atoms with van der Waals surface area (Å²) in [5, 5.41) is 5.70. The SMILES string of the molecule is COc1cccc(CN2C(=O)O[C@H](c3ccc(NC(=O)c4ccc(F)cc4)cc3)[C@@H]2C(=O)NCc2ccccc2)c1. The molecule has 5 rings (SSSR count). The largest absolute Gasteiger partial charge is 0.497 e. The molecule has 2 atom stereocenters. The highest BCUT2D eigenvalue weighted by Gasteiger charge is 2.47. The summed E-state index contributed by atoms with van der Waals surface area (Å²) in [6, 6.07) is 27.7. The molecular formula is C32H28FN3O5. The molecule has 9 heteroatoms. The van der Waals surface area contributed by atoms with Crippen LogP contribution in [0.15, 0.2) is 103 Å². The standard InChI is InChI=1S/C32H28FN3O5/c1-40-27-9-5-8-22(18-27)20-36-28(31(38)34-19-21-6-3-2-4-7-21)29(41-32(36)39)23-12-16-26(17-13-23)35-30(37)24-10-14-25(33)15-11-24/h2-18,28-29H,19-20H2,1H3,(H,34,38)(H,35,37)/t28-,29-/m1/s1. The van der Waals surface area contributed by atoms with Crippen LogP contribution in [0.4, 0.5) is 14.9 Å². The van der Waals surface area contributed by atoms with Gasteiger partial charge in [-0.25, -0.2) is 9.18 Å². The van der Waals surface area contributed by atoms with E-state index in [1.807, 2.05) is 42.5 Å². The lowest BCUT2D eigenvalue weighted by molar-refractivity contribution is -0.126. The fourth-order valence-electron chi connectivity index (χ4n) is 4.63. The number of rotatable bonds is 9. The molecule has 0 spiro atoms. The molecule has 2 N–H and O–H groups in total. The third kappa shape index (κ3) is 6.52. The first-order valence-corrected chi connectivity index (χ1v) is 13.0. The van der Waals surface area contributed by atoms with Crippen molar-refractivity contribution in [2.24, 2.45) is 0 Å². The molecule has 1 aliphatic rings. The van der Waals surface area contributed by atoms with Crippen molar-refractivity contribution in [1.29, 1.82) is 0 Å². The number of amides is 3. The van der Waals surface area contributed by atoms with Gasteiger partial charge in [0.1, 0.15) is 11.6 Å². The van der Waals surface area contributed by atoms with Crippen molar-refractivity contribution in [3.05, 3.63) is 131 Å². The predicted octanol–water partition coefficient (Wildman–Crippen LogP) is 5.47. The van der Waals surface area contributed by atoms with Crippen LogP contribution in [-0.4, -0.2) is 36.0 Å². The first kappa shape index (κ1) is 27.4. The van der Waals surface area contributed by atoms with Crippen LogP contribution < -0.4 is 15.4 Å². The summed E-state index contributed by atoms with van der Waals surface area (Å²) in [4.78, 5) is 40.6. The molecule has 3 amide bonds. The lowest BCUT2D eigenvalue weighted by Gasteiger charge is -2.24. The number of hydrogen-bond acceptors (Lipinski definition) is 5. The van der Waals surface area contributed by atoms with Gasteiger partial charge in [0.25, 0.3) is 5.91 Å². The van der Waals surface area contributed by atoms with Crippen molar-refractivity contribution in [3.63, 3.8) is 0 Å². The van der Waals surface area contributed by atoms with E-state index < -0.39 is 30.0 Å². The van der Waals surface area contributed by atoms with Gasteiger partial charge < -0.3 is 20.1 Å². The maximum atomic E-state index is 13.6. The Morgan fingerprint density at radius 1 is 0.902 bits per heavy atom. The molecule has 1 saturated heterocycles. The van der Waals surface area contributed by atoms with E-state index in [2.05, 4.69) is 10.6 Å². The van der Waals surface area contributed by atoms with Crippen LogP contribution >= 0.6 is 0 Å². The van der Waals surface area contributed by atoms with Crippen LogP contribution in [-0.2, 0) is 22.6 Å². The molecule has 1 heterocycles. The second kappa shape index (κ2) is 12.3. The number of cyclic esters (lactones) is 1. The van der Waals surface area contributed by atoms with Gasteiger partial charge in [0.05, 0.1) is 13.7 Å². The maximum absolute atomic E-state index is 13.6. The first-order chi connectivity index (χ1) is 19.9. The van der Waals surface area contributed by atoms with Crippen LogP contribution in [0, 0.1) is 5.82 Å². The van der Waals surface area contributed by atoms with Gasteiger partial charge in [0.2, 0.25) is 5.91 Å². The summed E-state index contributed by atoms with van der Waals surface area (Å²) in [7, 11) is 1.56. The highest BCUT2D eigenvalue weighted by molar-refractivity contribution is 6.04. The zero-order chi connectivity index (χ0) is 28.8. The molecule has 1 fully saturated rings. The number of carbonyl (C=O) groups is 3. The van der Waals surface area contributed by atoms with E-state index in [4.69, 9.17) is 9.47 Å². The van der Waals surface area contributed by atoms with Gasteiger partial charge in [-0.1, -0.05) is 54.6 Å². The summed E-state index contributed by atoms with van der Waals surface area (Å²) in [5.74, 6) is -0.552. The van der Waals surface area contributed by atoms with E-state index in [1.54, 1.807) is 43.5 Å². The first-order valence-electron chi connectivity index (χ1n) is 13.0. The van der Waals surface area contributed by atoms with Crippen LogP contribution in [0.5, 0.6) is 5.75 Å². The Hall–Kier alpha value is -5.18. The highest BCUT2D eigenvalue weighted by Crippen LogP contribution is 2.35.